The van der Waals surface area contributed by atoms with Gasteiger partial charge >= 0.3 is 6.09 Å². The van der Waals surface area contributed by atoms with Crippen LogP contribution >= 0.6 is 0 Å². The van der Waals surface area contributed by atoms with Crippen molar-refractivity contribution in [3.05, 3.63) is 30.3 Å². The SMILES string of the molecule is O=C(O)NC(C(=O)Nc1ccccc1)C1CCCCC1. The van der Waals surface area contributed by atoms with Crippen molar-refractivity contribution in [1.29, 1.82) is 0 Å². The first-order valence-electron chi connectivity index (χ1n) is 7.02. The fourth-order valence-corrected chi connectivity index (χ4v) is 2.74. The zero-order valence-electron chi connectivity index (χ0n) is 11.3. The Morgan fingerprint density at radius 1 is 1.10 bits per heavy atom. The second-order valence-corrected chi connectivity index (χ2v) is 5.18. The normalized spacial score (nSPS) is 17.2. The molecule has 2 rings (SSSR count). The van der Waals surface area contributed by atoms with E-state index >= 15 is 0 Å². The highest BCUT2D eigenvalue weighted by molar-refractivity contribution is 5.96. The first kappa shape index (κ1) is 14.4. The molecule has 0 radical (unpaired) electrons. The van der Waals surface area contributed by atoms with E-state index in [4.69, 9.17) is 5.11 Å². The summed E-state index contributed by atoms with van der Waals surface area (Å²) in [5, 5.41) is 14.1. The number of carboxylic acid groups (broad SMARTS) is 1. The van der Waals surface area contributed by atoms with E-state index < -0.39 is 12.1 Å². The molecule has 0 spiro atoms. The molecule has 1 fully saturated rings. The molecule has 1 aromatic carbocycles. The predicted molar refractivity (Wildman–Crippen MR) is 76.6 cm³/mol. The van der Waals surface area contributed by atoms with Crippen LogP contribution in [0.3, 0.4) is 0 Å². The lowest BCUT2D eigenvalue weighted by Gasteiger charge is -2.29. The summed E-state index contributed by atoms with van der Waals surface area (Å²) in [6.07, 6.45) is 3.92. The van der Waals surface area contributed by atoms with Gasteiger partial charge in [0.1, 0.15) is 6.04 Å². The Labute approximate surface area is 118 Å². The van der Waals surface area contributed by atoms with Crippen molar-refractivity contribution in [2.75, 3.05) is 5.32 Å². The lowest BCUT2D eigenvalue weighted by Crippen LogP contribution is -2.48. The van der Waals surface area contributed by atoms with Gasteiger partial charge in [-0.05, 0) is 30.9 Å². The molecular formula is C15H20N2O3. The van der Waals surface area contributed by atoms with E-state index in [1.54, 1.807) is 12.1 Å². The van der Waals surface area contributed by atoms with Gasteiger partial charge in [0.2, 0.25) is 5.91 Å². The highest BCUT2D eigenvalue weighted by Crippen LogP contribution is 2.27. The van der Waals surface area contributed by atoms with Gasteiger partial charge in [0.15, 0.2) is 0 Å². The molecule has 1 aliphatic rings. The third-order valence-electron chi connectivity index (χ3n) is 3.72. The van der Waals surface area contributed by atoms with Crippen LogP contribution in [0.2, 0.25) is 0 Å². The second-order valence-electron chi connectivity index (χ2n) is 5.18. The summed E-state index contributed by atoms with van der Waals surface area (Å²) in [4.78, 5) is 23.2. The third kappa shape index (κ3) is 3.98. The van der Waals surface area contributed by atoms with Crippen LogP contribution in [0.5, 0.6) is 0 Å². The van der Waals surface area contributed by atoms with Crippen molar-refractivity contribution in [1.82, 2.24) is 5.32 Å². The number of anilines is 1. The molecule has 1 aromatic rings. The fourth-order valence-electron chi connectivity index (χ4n) is 2.74. The summed E-state index contributed by atoms with van der Waals surface area (Å²) in [6, 6.07) is 8.43. The Kier molecular flexibility index (Phi) is 4.98. The number of amides is 2. The summed E-state index contributed by atoms with van der Waals surface area (Å²) in [7, 11) is 0. The maximum absolute atomic E-state index is 12.3. The van der Waals surface area contributed by atoms with Gasteiger partial charge in [-0.1, -0.05) is 37.5 Å². The van der Waals surface area contributed by atoms with Crippen LogP contribution in [0.25, 0.3) is 0 Å². The molecule has 5 nitrogen and oxygen atoms in total. The van der Waals surface area contributed by atoms with Gasteiger partial charge in [-0.3, -0.25) is 4.79 Å². The summed E-state index contributed by atoms with van der Waals surface area (Å²) in [5.74, 6) is -0.186. The highest BCUT2D eigenvalue weighted by Gasteiger charge is 2.30. The highest BCUT2D eigenvalue weighted by atomic mass is 16.4. The lowest BCUT2D eigenvalue weighted by molar-refractivity contribution is -0.119. The number of hydrogen-bond acceptors (Lipinski definition) is 2. The van der Waals surface area contributed by atoms with Gasteiger partial charge in [-0.15, -0.1) is 0 Å². The van der Waals surface area contributed by atoms with Gasteiger partial charge in [-0.2, -0.15) is 0 Å². The number of carbonyl (C=O) groups is 2. The maximum atomic E-state index is 12.3. The summed E-state index contributed by atoms with van der Waals surface area (Å²) < 4.78 is 0. The third-order valence-corrected chi connectivity index (χ3v) is 3.72. The monoisotopic (exact) mass is 276 g/mol. The Bertz CT molecular complexity index is 455. The van der Waals surface area contributed by atoms with E-state index in [0.717, 1.165) is 32.1 Å². The largest absolute Gasteiger partial charge is 0.465 e. The summed E-state index contributed by atoms with van der Waals surface area (Å²) in [6.45, 7) is 0. The minimum Gasteiger partial charge on any atom is -0.465 e. The molecule has 0 bridgehead atoms. The van der Waals surface area contributed by atoms with Crippen molar-refractivity contribution in [2.24, 2.45) is 5.92 Å². The molecule has 108 valence electrons. The molecule has 20 heavy (non-hydrogen) atoms. The zero-order valence-corrected chi connectivity index (χ0v) is 11.3. The minimum atomic E-state index is -1.15. The number of benzene rings is 1. The molecule has 3 N–H and O–H groups in total. The van der Waals surface area contributed by atoms with Gasteiger partial charge in [0.05, 0.1) is 0 Å². The van der Waals surface area contributed by atoms with Crippen molar-refractivity contribution >= 4 is 17.7 Å². The van der Waals surface area contributed by atoms with E-state index in [9.17, 15) is 9.59 Å². The smallest absolute Gasteiger partial charge is 0.405 e. The number of carbonyl (C=O) groups excluding carboxylic acids is 1. The predicted octanol–water partition coefficient (Wildman–Crippen LogP) is 2.84. The second kappa shape index (κ2) is 6.93. The number of rotatable bonds is 4. The summed E-state index contributed by atoms with van der Waals surface area (Å²) >= 11 is 0. The van der Waals surface area contributed by atoms with Gasteiger partial charge in [-0.25, -0.2) is 4.79 Å². The van der Waals surface area contributed by atoms with Crippen LogP contribution in [0.15, 0.2) is 30.3 Å². The van der Waals surface area contributed by atoms with E-state index in [-0.39, 0.29) is 11.8 Å². The number of nitrogens with one attached hydrogen (secondary N) is 2. The first-order chi connectivity index (χ1) is 9.66. The Hall–Kier alpha value is -2.04. The number of hydrogen-bond donors (Lipinski definition) is 3. The summed E-state index contributed by atoms with van der Waals surface area (Å²) in [5.41, 5.74) is 0.686. The van der Waals surface area contributed by atoms with Crippen LogP contribution < -0.4 is 10.6 Å². The molecule has 0 saturated heterocycles. The Morgan fingerprint density at radius 2 is 1.75 bits per heavy atom. The van der Waals surface area contributed by atoms with E-state index in [0.29, 0.717) is 5.69 Å². The molecule has 0 aromatic heterocycles. The molecule has 1 aliphatic carbocycles. The molecule has 1 atom stereocenters. The van der Waals surface area contributed by atoms with Crippen LogP contribution in [0, 0.1) is 5.92 Å². The molecule has 1 saturated carbocycles. The maximum Gasteiger partial charge on any atom is 0.405 e. The van der Waals surface area contributed by atoms with E-state index in [1.807, 2.05) is 18.2 Å². The fraction of sp³-hybridized carbons (Fsp3) is 0.467. The van der Waals surface area contributed by atoms with Crippen LogP contribution in [0.4, 0.5) is 10.5 Å². The quantitative estimate of drug-likeness (QED) is 0.791. The molecule has 0 aliphatic heterocycles. The van der Waals surface area contributed by atoms with E-state index in [1.165, 1.54) is 0 Å². The molecule has 5 heteroatoms. The van der Waals surface area contributed by atoms with Gasteiger partial charge < -0.3 is 15.7 Å². The molecular weight excluding hydrogens is 256 g/mol. The molecule has 2 amide bonds. The topological polar surface area (TPSA) is 78.4 Å². The first-order valence-corrected chi connectivity index (χ1v) is 7.02. The van der Waals surface area contributed by atoms with Crippen LogP contribution in [-0.4, -0.2) is 23.1 Å². The minimum absolute atomic E-state index is 0.0866. The van der Waals surface area contributed by atoms with Crippen molar-refractivity contribution in [2.45, 2.75) is 38.1 Å². The van der Waals surface area contributed by atoms with Crippen LogP contribution in [0.1, 0.15) is 32.1 Å². The van der Waals surface area contributed by atoms with Gasteiger partial charge in [0.25, 0.3) is 0 Å². The van der Waals surface area contributed by atoms with Crippen molar-refractivity contribution < 1.29 is 14.7 Å². The van der Waals surface area contributed by atoms with Crippen molar-refractivity contribution in [3.63, 3.8) is 0 Å². The Morgan fingerprint density at radius 3 is 2.35 bits per heavy atom. The van der Waals surface area contributed by atoms with Gasteiger partial charge in [0, 0.05) is 5.69 Å². The molecule has 0 heterocycles. The lowest BCUT2D eigenvalue weighted by atomic mass is 9.83. The van der Waals surface area contributed by atoms with E-state index in [2.05, 4.69) is 10.6 Å². The average Bonchev–Trinajstić information content (AvgIpc) is 2.46. The standard InChI is InChI=1S/C15H20N2O3/c18-14(16-12-9-5-2-6-10-12)13(17-15(19)20)11-7-3-1-4-8-11/h2,5-6,9-11,13,17H,1,3-4,7-8H2,(H,16,18)(H,19,20). The van der Waals surface area contributed by atoms with Crippen molar-refractivity contribution in [3.8, 4) is 0 Å². The average molecular weight is 276 g/mol. The van der Waals surface area contributed by atoms with Crippen LogP contribution in [-0.2, 0) is 4.79 Å². The number of para-hydroxylation sites is 1. The Balaban J connectivity index is 2.05. The zero-order chi connectivity index (χ0) is 14.4. The molecule has 1 unspecified atom stereocenters.